The zero-order chi connectivity index (χ0) is 18.8. The van der Waals surface area contributed by atoms with Crippen LogP contribution in [0.4, 0.5) is 0 Å². The van der Waals surface area contributed by atoms with Crippen LogP contribution in [0.1, 0.15) is 48.6 Å². The molecule has 0 saturated heterocycles. The molecule has 0 unspecified atom stereocenters. The minimum Gasteiger partial charge on any atom is -0.506 e. The van der Waals surface area contributed by atoms with Crippen molar-refractivity contribution in [3.8, 4) is 5.75 Å². The number of fused-ring (bicyclic) bond motifs is 2. The van der Waals surface area contributed by atoms with Crippen molar-refractivity contribution in [2.75, 3.05) is 27.2 Å². The third-order valence-corrected chi connectivity index (χ3v) is 4.38. The van der Waals surface area contributed by atoms with Crippen LogP contribution in [0.15, 0.2) is 36.4 Å². The first-order chi connectivity index (χ1) is 12.4. The van der Waals surface area contributed by atoms with Gasteiger partial charge in [-0.05, 0) is 39.2 Å². The molecule has 2 N–H and O–H groups in total. The summed E-state index contributed by atoms with van der Waals surface area (Å²) >= 11 is 0. The predicted octanol–water partition coefficient (Wildman–Crippen LogP) is 2.27. The van der Waals surface area contributed by atoms with Gasteiger partial charge in [-0.2, -0.15) is 0 Å². The molecular weight excluding hydrogens is 368 g/mol. The smallest absolute Gasteiger partial charge is 0.255 e. The van der Waals surface area contributed by atoms with Crippen molar-refractivity contribution < 1.29 is 19.5 Å². The van der Waals surface area contributed by atoms with E-state index in [2.05, 4.69) is 5.32 Å². The fourth-order valence-corrected chi connectivity index (χ4v) is 3.04. The first-order valence-electron chi connectivity index (χ1n) is 8.39. The number of aromatic hydroxyl groups is 1. The van der Waals surface area contributed by atoms with Gasteiger partial charge in [0, 0.05) is 23.2 Å². The molecule has 2 aromatic carbocycles. The average molecular weight is 389 g/mol. The number of ketones is 2. The van der Waals surface area contributed by atoms with Gasteiger partial charge in [0.05, 0.1) is 11.1 Å². The molecule has 3 rings (SSSR count). The van der Waals surface area contributed by atoms with Crippen molar-refractivity contribution in [3.05, 3.63) is 64.2 Å². The zero-order valence-electron chi connectivity index (χ0n) is 15.1. The normalized spacial score (nSPS) is 12.3. The highest BCUT2D eigenvalue weighted by molar-refractivity contribution is 6.30. The molecule has 1 aliphatic carbocycles. The van der Waals surface area contributed by atoms with Crippen molar-refractivity contribution in [1.29, 1.82) is 0 Å². The number of carbonyl (C=O) groups excluding carboxylic acids is 3. The van der Waals surface area contributed by atoms with Crippen LogP contribution in [-0.4, -0.2) is 54.7 Å². The molecule has 0 heterocycles. The fraction of sp³-hybridized carbons (Fsp3) is 0.250. The van der Waals surface area contributed by atoms with Crippen molar-refractivity contribution in [3.63, 3.8) is 0 Å². The summed E-state index contributed by atoms with van der Waals surface area (Å²) in [7, 11) is 3.88. The molecule has 0 saturated carbocycles. The second-order valence-electron chi connectivity index (χ2n) is 6.50. The van der Waals surface area contributed by atoms with Crippen LogP contribution >= 0.6 is 12.4 Å². The Bertz CT molecular complexity index is 909. The van der Waals surface area contributed by atoms with Crippen LogP contribution in [0.2, 0.25) is 0 Å². The van der Waals surface area contributed by atoms with Crippen molar-refractivity contribution in [2.24, 2.45) is 0 Å². The lowest BCUT2D eigenvalue weighted by Gasteiger charge is -2.19. The molecule has 2 aromatic rings. The summed E-state index contributed by atoms with van der Waals surface area (Å²) in [6, 6.07) is 9.29. The van der Waals surface area contributed by atoms with Crippen LogP contribution in [0, 0.1) is 0 Å². The van der Waals surface area contributed by atoms with E-state index in [0.717, 1.165) is 13.0 Å². The summed E-state index contributed by atoms with van der Waals surface area (Å²) in [5.41, 5.74) is 0.563. The second kappa shape index (κ2) is 8.33. The molecule has 1 amide bonds. The van der Waals surface area contributed by atoms with Crippen LogP contribution < -0.4 is 5.32 Å². The molecule has 0 aliphatic heterocycles. The van der Waals surface area contributed by atoms with Gasteiger partial charge in [-0.3, -0.25) is 14.4 Å². The molecular formula is C20H21ClN2O4. The Balaban J connectivity index is 0.00000261. The lowest BCUT2D eigenvalue weighted by Crippen LogP contribution is -2.28. The lowest BCUT2D eigenvalue weighted by atomic mass is 9.82. The zero-order valence-corrected chi connectivity index (χ0v) is 15.9. The molecule has 0 radical (unpaired) electrons. The summed E-state index contributed by atoms with van der Waals surface area (Å²) in [6.07, 6.45) is 0.759. The number of nitrogens with zero attached hydrogens (tertiary/aromatic N) is 1. The van der Waals surface area contributed by atoms with Gasteiger partial charge in [0.2, 0.25) is 0 Å². The number of carbonyl (C=O) groups is 3. The van der Waals surface area contributed by atoms with Gasteiger partial charge in [0.15, 0.2) is 11.6 Å². The molecule has 27 heavy (non-hydrogen) atoms. The van der Waals surface area contributed by atoms with Crippen molar-refractivity contribution in [1.82, 2.24) is 10.2 Å². The fourth-order valence-electron chi connectivity index (χ4n) is 3.04. The lowest BCUT2D eigenvalue weighted by molar-refractivity contribution is 0.0946. The Morgan fingerprint density at radius 3 is 2.26 bits per heavy atom. The summed E-state index contributed by atoms with van der Waals surface area (Å²) in [5, 5.41) is 13.2. The highest BCUT2D eigenvalue weighted by atomic mass is 35.5. The molecule has 0 aromatic heterocycles. The Morgan fingerprint density at radius 1 is 1.00 bits per heavy atom. The summed E-state index contributed by atoms with van der Waals surface area (Å²) < 4.78 is 0. The summed E-state index contributed by atoms with van der Waals surface area (Å²) in [5.74, 6) is -1.69. The predicted molar refractivity (Wildman–Crippen MR) is 104 cm³/mol. The number of halogens is 1. The highest BCUT2D eigenvalue weighted by Gasteiger charge is 2.33. The third-order valence-electron chi connectivity index (χ3n) is 4.38. The third kappa shape index (κ3) is 3.86. The van der Waals surface area contributed by atoms with E-state index in [-0.39, 0.29) is 40.4 Å². The van der Waals surface area contributed by atoms with E-state index < -0.39 is 17.4 Å². The number of amides is 1. The minimum atomic E-state index is -0.469. The number of phenolic OH excluding ortho intramolecular Hbond substituents is 1. The standard InChI is InChI=1S/C20H20N2O4.ClH/c1-22(2)11-5-10-21-20(26)15-9-8-14-16(19(15)25)18(24)13-7-4-3-6-12(13)17(14)23;/h3-4,6-9,25H,5,10-11H2,1-2H3,(H,21,26);1H. The molecule has 0 atom stereocenters. The second-order valence-corrected chi connectivity index (χ2v) is 6.50. The van der Waals surface area contributed by atoms with Gasteiger partial charge in [0.25, 0.3) is 5.91 Å². The van der Waals surface area contributed by atoms with Gasteiger partial charge in [0.1, 0.15) is 5.75 Å². The maximum Gasteiger partial charge on any atom is 0.255 e. The molecule has 0 bridgehead atoms. The van der Waals surface area contributed by atoms with E-state index in [0.29, 0.717) is 12.1 Å². The van der Waals surface area contributed by atoms with E-state index >= 15 is 0 Å². The molecule has 7 heteroatoms. The van der Waals surface area contributed by atoms with Crippen molar-refractivity contribution >= 4 is 29.9 Å². The van der Waals surface area contributed by atoms with Gasteiger partial charge < -0.3 is 15.3 Å². The molecule has 142 valence electrons. The molecule has 1 aliphatic rings. The van der Waals surface area contributed by atoms with Gasteiger partial charge in [-0.1, -0.05) is 24.3 Å². The molecule has 0 fully saturated rings. The minimum absolute atomic E-state index is 0. The maximum absolute atomic E-state index is 12.7. The monoisotopic (exact) mass is 388 g/mol. The van der Waals surface area contributed by atoms with E-state index in [4.69, 9.17) is 0 Å². The summed E-state index contributed by atoms with van der Waals surface area (Å²) in [4.78, 5) is 39.7. The average Bonchev–Trinajstić information content (AvgIpc) is 2.62. The topological polar surface area (TPSA) is 86.7 Å². The quantitative estimate of drug-likeness (QED) is 0.655. The Labute approximate surface area is 163 Å². The molecule has 6 nitrogen and oxygen atoms in total. The Morgan fingerprint density at radius 2 is 1.63 bits per heavy atom. The molecule has 0 spiro atoms. The van der Waals surface area contributed by atoms with Gasteiger partial charge >= 0.3 is 0 Å². The van der Waals surface area contributed by atoms with E-state index in [1.165, 1.54) is 12.1 Å². The van der Waals surface area contributed by atoms with Crippen LogP contribution in [0.25, 0.3) is 0 Å². The largest absolute Gasteiger partial charge is 0.506 e. The van der Waals surface area contributed by atoms with Gasteiger partial charge in [-0.25, -0.2) is 0 Å². The number of hydrogen-bond donors (Lipinski definition) is 2. The van der Waals surface area contributed by atoms with E-state index in [1.54, 1.807) is 24.3 Å². The van der Waals surface area contributed by atoms with E-state index in [9.17, 15) is 19.5 Å². The first kappa shape index (κ1) is 20.6. The SMILES string of the molecule is CN(C)CCCNC(=O)c1ccc2c(c1O)C(=O)c1ccccc1C2=O.Cl. The summed E-state index contributed by atoms with van der Waals surface area (Å²) in [6.45, 7) is 1.27. The van der Waals surface area contributed by atoms with Crippen LogP contribution in [0.5, 0.6) is 5.75 Å². The van der Waals surface area contributed by atoms with E-state index in [1.807, 2.05) is 19.0 Å². The van der Waals surface area contributed by atoms with Crippen LogP contribution in [0.3, 0.4) is 0 Å². The number of hydrogen-bond acceptors (Lipinski definition) is 5. The van der Waals surface area contributed by atoms with Gasteiger partial charge in [-0.15, -0.1) is 12.4 Å². The number of nitrogens with one attached hydrogen (secondary N) is 1. The number of rotatable bonds is 5. The first-order valence-corrected chi connectivity index (χ1v) is 8.39. The Hall–Kier alpha value is -2.70. The highest BCUT2D eigenvalue weighted by Crippen LogP contribution is 2.34. The maximum atomic E-state index is 12.7. The Kier molecular flexibility index (Phi) is 6.36. The number of benzene rings is 2. The van der Waals surface area contributed by atoms with Crippen molar-refractivity contribution in [2.45, 2.75) is 6.42 Å². The van der Waals surface area contributed by atoms with Crippen LogP contribution in [-0.2, 0) is 0 Å². The number of phenols is 1.